The molecule has 4 heteroatoms. The highest BCUT2D eigenvalue weighted by molar-refractivity contribution is 5.68. The third kappa shape index (κ3) is 3.34. The molecule has 0 aromatic heterocycles. The van der Waals surface area contributed by atoms with Gasteiger partial charge in [0.1, 0.15) is 0 Å². The van der Waals surface area contributed by atoms with E-state index in [-0.39, 0.29) is 6.54 Å². The standard InChI is InChI=1S/C7H14N2O2/c10-7(11)5-9-4-6-1-2-8-3-6/h6,8-9H,1-5H2,(H,10,11)/t6-/m0/s1. The molecule has 1 saturated heterocycles. The van der Waals surface area contributed by atoms with E-state index in [9.17, 15) is 4.79 Å². The summed E-state index contributed by atoms with van der Waals surface area (Å²) in [5.41, 5.74) is 0. The lowest BCUT2D eigenvalue weighted by molar-refractivity contribution is -0.135. The van der Waals surface area contributed by atoms with E-state index in [2.05, 4.69) is 10.6 Å². The smallest absolute Gasteiger partial charge is 0.317 e. The molecule has 0 spiro atoms. The molecular weight excluding hydrogens is 144 g/mol. The number of hydrogen-bond donors (Lipinski definition) is 3. The van der Waals surface area contributed by atoms with Gasteiger partial charge in [0.05, 0.1) is 6.54 Å². The zero-order valence-electron chi connectivity index (χ0n) is 6.47. The summed E-state index contributed by atoms with van der Waals surface area (Å²) < 4.78 is 0. The SMILES string of the molecule is O=C(O)CNC[C@H]1CCNC1. The third-order valence-corrected chi connectivity index (χ3v) is 1.87. The van der Waals surface area contributed by atoms with Crippen LogP contribution in [-0.4, -0.2) is 37.3 Å². The minimum atomic E-state index is -0.782. The minimum absolute atomic E-state index is 0.0799. The molecule has 64 valence electrons. The molecule has 1 heterocycles. The predicted octanol–water partition coefficient (Wildman–Crippen LogP) is -0.730. The second-order valence-electron chi connectivity index (χ2n) is 2.88. The van der Waals surface area contributed by atoms with Crippen molar-refractivity contribution in [1.29, 1.82) is 0 Å². The molecule has 3 N–H and O–H groups in total. The molecule has 0 bridgehead atoms. The normalized spacial score (nSPS) is 23.8. The van der Waals surface area contributed by atoms with Crippen molar-refractivity contribution in [2.45, 2.75) is 6.42 Å². The van der Waals surface area contributed by atoms with Gasteiger partial charge in [-0.1, -0.05) is 0 Å². The summed E-state index contributed by atoms with van der Waals surface area (Å²) in [7, 11) is 0. The lowest BCUT2D eigenvalue weighted by Gasteiger charge is -2.07. The van der Waals surface area contributed by atoms with E-state index in [1.807, 2.05) is 0 Å². The van der Waals surface area contributed by atoms with E-state index in [1.165, 1.54) is 0 Å². The average Bonchev–Trinajstić information content (AvgIpc) is 2.39. The van der Waals surface area contributed by atoms with Gasteiger partial charge in [-0.25, -0.2) is 0 Å². The van der Waals surface area contributed by atoms with Crippen LogP contribution in [0.15, 0.2) is 0 Å². The molecule has 1 atom stereocenters. The predicted molar refractivity (Wildman–Crippen MR) is 41.5 cm³/mol. The van der Waals surface area contributed by atoms with Gasteiger partial charge in [-0.15, -0.1) is 0 Å². The Bertz CT molecular complexity index is 132. The van der Waals surface area contributed by atoms with Gasteiger partial charge >= 0.3 is 5.97 Å². The number of aliphatic carboxylic acids is 1. The van der Waals surface area contributed by atoms with Crippen LogP contribution in [0, 0.1) is 5.92 Å². The molecule has 0 aliphatic carbocycles. The first-order chi connectivity index (χ1) is 5.29. The Morgan fingerprint density at radius 1 is 1.73 bits per heavy atom. The van der Waals surface area contributed by atoms with Crippen LogP contribution in [-0.2, 0) is 4.79 Å². The van der Waals surface area contributed by atoms with E-state index in [0.29, 0.717) is 5.92 Å². The maximum Gasteiger partial charge on any atom is 0.317 e. The van der Waals surface area contributed by atoms with Crippen LogP contribution in [0.25, 0.3) is 0 Å². The molecular formula is C7H14N2O2. The number of carbonyl (C=O) groups is 1. The second-order valence-corrected chi connectivity index (χ2v) is 2.88. The van der Waals surface area contributed by atoms with E-state index in [1.54, 1.807) is 0 Å². The van der Waals surface area contributed by atoms with Gasteiger partial charge < -0.3 is 15.7 Å². The quantitative estimate of drug-likeness (QED) is 0.505. The highest BCUT2D eigenvalue weighted by Gasteiger charge is 2.13. The van der Waals surface area contributed by atoms with Crippen molar-refractivity contribution >= 4 is 5.97 Å². The van der Waals surface area contributed by atoms with Crippen LogP contribution >= 0.6 is 0 Å². The summed E-state index contributed by atoms with van der Waals surface area (Å²) in [4.78, 5) is 10.1. The highest BCUT2D eigenvalue weighted by Crippen LogP contribution is 2.04. The van der Waals surface area contributed by atoms with Crippen LogP contribution in [0.4, 0.5) is 0 Å². The fourth-order valence-corrected chi connectivity index (χ4v) is 1.27. The molecule has 0 unspecified atom stereocenters. The first-order valence-electron chi connectivity index (χ1n) is 3.92. The van der Waals surface area contributed by atoms with Gasteiger partial charge in [0, 0.05) is 0 Å². The van der Waals surface area contributed by atoms with Gasteiger partial charge in [0.2, 0.25) is 0 Å². The molecule has 1 rings (SSSR count). The summed E-state index contributed by atoms with van der Waals surface area (Å²) in [6, 6.07) is 0. The van der Waals surface area contributed by atoms with E-state index in [0.717, 1.165) is 26.1 Å². The first kappa shape index (κ1) is 8.49. The van der Waals surface area contributed by atoms with Crippen LogP contribution < -0.4 is 10.6 Å². The van der Waals surface area contributed by atoms with Crippen molar-refractivity contribution in [3.8, 4) is 0 Å². The van der Waals surface area contributed by atoms with Crippen LogP contribution in [0.5, 0.6) is 0 Å². The molecule has 0 aromatic rings. The van der Waals surface area contributed by atoms with Crippen molar-refractivity contribution in [3.05, 3.63) is 0 Å². The lowest BCUT2D eigenvalue weighted by atomic mass is 10.1. The van der Waals surface area contributed by atoms with Gasteiger partial charge in [-0.3, -0.25) is 4.79 Å². The number of carboxylic acids is 1. The number of rotatable bonds is 4. The largest absolute Gasteiger partial charge is 0.480 e. The highest BCUT2D eigenvalue weighted by atomic mass is 16.4. The third-order valence-electron chi connectivity index (χ3n) is 1.87. The van der Waals surface area contributed by atoms with Gasteiger partial charge in [0.15, 0.2) is 0 Å². The molecule has 1 fully saturated rings. The van der Waals surface area contributed by atoms with Gasteiger partial charge in [-0.05, 0) is 32.0 Å². The fraction of sp³-hybridized carbons (Fsp3) is 0.857. The van der Waals surface area contributed by atoms with Crippen molar-refractivity contribution in [3.63, 3.8) is 0 Å². The summed E-state index contributed by atoms with van der Waals surface area (Å²) in [6.45, 7) is 2.99. The maximum atomic E-state index is 10.1. The summed E-state index contributed by atoms with van der Waals surface area (Å²) >= 11 is 0. The van der Waals surface area contributed by atoms with Gasteiger partial charge in [0.25, 0.3) is 0 Å². The monoisotopic (exact) mass is 158 g/mol. The molecule has 0 saturated carbocycles. The van der Waals surface area contributed by atoms with Crippen LogP contribution in [0.1, 0.15) is 6.42 Å². The molecule has 1 aliphatic rings. The first-order valence-corrected chi connectivity index (χ1v) is 3.92. The fourth-order valence-electron chi connectivity index (χ4n) is 1.27. The topological polar surface area (TPSA) is 61.4 Å². The van der Waals surface area contributed by atoms with Gasteiger partial charge in [-0.2, -0.15) is 0 Å². The number of hydrogen-bond acceptors (Lipinski definition) is 3. The Labute approximate surface area is 66.0 Å². The molecule has 4 nitrogen and oxygen atoms in total. The van der Waals surface area contributed by atoms with Crippen molar-refractivity contribution < 1.29 is 9.90 Å². The Morgan fingerprint density at radius 2 is 2.55 bits per heavy atom. The minimum Gasteiger partial charge on any atom is -0.480 e. The number of carboxylic acid groups (broad SMARTS) is 1. The second kappa shape index (κ2) is 4.31. The molecule has 0 amide bonds. The zero-order valence-corrected chi connectivity index (χ0v) is 6.47. The Morgan fingerprint density at radius 3 is 3.09 bits per heavy atom. The Hall–Kier alpha value is -0.610. The zero-order chi connectivity index (χ0) is 8.10. The summed E-state index contributed by atoms with van der Waals surface area (Å²) in [5, 5.41) is 14.4. The lowest BCUT2D eigenvalue weighted by Crippen LogP contribution is -2.29. The van der Waals surface area contributed by atoms with Crippen molar-refractivity contribution in [1.82, 2.24) is 10.6 Å². The summed E-state index contributed by atoms with van der Waals surface area (Å²) in [5.74, 6) is -0.162. The van der Waals surface area contributed by atoms with E-state index in [4.69, 9.17) is 5.11 Å². The van der Waals surface area contributed by atoms with Crippen LogP contribution in [0.3, 0.4) is 0 Å². The number of nitrogens with one attached hydrogen (secondary N) is 2. The molecule has 0 radical (unpaired) electrons. The molecule has 1 aliphatic heterocycles. The molecule has 0 aromatic carbocycles. The summed E-state index contributed by atoms with van der Waals surface area (Å²) in [6.07, 6.45) is 1.16. The van der Waals surface area contributed by atoms with E-state index < -0.39 is 5.97 Å². The molecule has 11 heavy (non-hydrogen) atoms. The van der Waals surface area contributed by atoms with Crippen molar-refractivity contribution in [2.24, 2.45) is 5.92 Å². The van der Waals surface area contributed by atoms with Crippen molar-refractivity contribution in [2.75, 3.05) is 26.2 Å². The van der Waals surface area contributed by atoms with E-state index >= 15 is 0 Å². The average molecular weight is 158 g/mol. The van der Waals surface area contributed by atoms with Crippen LogP contribution in [0.2, 0.25) is 0 Å². The Kier molecular flexibility index (Phi) is 3.32. The maximum absolute atomic E-state index is 10.1. The Balaban J connectivity index is 1.98.